The number of methoxy groups -OCH3 is 1. The number of aromatic amines is 1. The van der Waals surface area contributed by atoms with Crippen LogP contribution in [0.1, 0.15) is 29.9 Å². The molecule has 1 unspecified atom stereocenters. The van der Waals surface area contributed by atoms with Crippen molar-refractivity contribution >= 4 is 34.0 Å². The molecule has 2 N–H and O–H groups in total. The van der Waals surface area contributed by atoms with Gasteiger partial charge in [0, 0.05) is 23.4 Å². The Morgan fingerprint density at radius 2 is 1.94 bits per heavy atom. The van der Waals surface area contributed by atoms with E-state index in [1.165, 1.54) is 27.0 Å². The quantitative estimate of drug-likeness (QED) is 0.413. The third kappa shape index (κ3) is 4.11. The largest absolute Gasteiger partial charge is 0.496 e. The van der Waals surface area contributed by atoms with E-state index < -0.39 is 0 Å². The predicted molar refractivity (Wildman–Crippen MR) is 143 cm³/mol. The molecule has 1 aliphatic carbocycles. The number of hydrogen-bond acceptors (Lipinski definition) is 5. The first-order valence-corrected chi connectivity index (χ1v) is 12.7. The molecule has 182 valence electrons. The maximum atomic E-state index is 13.3. The van der Waals surface area contributed by atoms with Gasteiger partial charge in [-0.25, -0.2) is 4.79 Å². The summed E-state index contributed by atoms with van der Waals surface area (Å²) in [5.74, 6) is 1.92. The van der Waals surface area contributed by atoms with Gasteiger partial charge in [0.2, 0.25) is 0 Å². The predicted octanol–water partition coefficient (Wildman–Crippen LogP) is 4.56. The lowest BCUT2D eigenvalue weighted by Gasteiger charge is -2.32. The summed E-state index contributed by atoms with van der Waals surface area (Å²) in [6.45, 7) is 1.36. The number of fused-ring (bicyclic) bond motifs is 4. The van der Waals surface area contributed by atoms with Crippen LogP contribution in [0.25, 0.3) is 20.7 Å². The summed E-state index contributed by atoms with van der Waals surface area (Å²) in [5, 5.41) is 4.26. The minimum atomic E-state index is -0.334. The van der Waals surface area contributed by atoms with Crippen LogP contribution in [0.5, 0.6) is 5.75 Å². The normalized spacial score (nSPS) is 20.8. The van der Waals surface area contributed by atoms with E-state index in [2.05, 4.69) is 22.4 Å². The van der Waals surface area contributed by atoms with Gasteiger partial charge in [-0.2, -0.15) is 0 Å². The van der Waals surface area contributed by atoms with Crippen LogP contribution in [-0.4, -0.2) is 29.2 Å². The number of nitrogens with one attached hydrogen (secondary N) is 2. The Hall–Kier alpha value is -2.87. The fourth-order valence-corrected chi connectivity index (χ4v) is 6.91. The minimum Gasteiger partial charge on any atom is -0.496 e. The number of ether oxygens (including phenoxy) is 1. The van der Waals surface area contributed by atoms with Gasteiger partial charge < -0.3 is 10.1 Å². The molecule has 6 rings (SSSR count). The van der Waals surface area contributed by atoms with E-state index in [0.29, 0.717) is 28.6 Å². The summed E-state index contributed by atoms with van der Waals surface area (Å²) in [6, 6.07) is 18.4. The van der Waals surface area contributed by atoms with E-state index in [4.69, 9.17) is 4.74 Å². The van der Waals surface area contributed by atoms with Crippen LogP contribution < -0.4 is 21.3 Å². The smallest absolute Gasteiger partial charge is 0.329 e. The third-order valence-electron chi connectivity index (χ3n) is 7.49. The molecule has 0 bridgehead atoms. The Balaban J connectivity index is 0.00000253. The summed E-state index contributed by atoms with van der Waals surface area (Å²) in [5.41, 5.74) is 3.16. The van der Waals surface area contributed by atoms with Crippen LogP contribution in [0, 0.1) is 5.92 Å². The van der Waals surface area contributed by atoms with Crippen molar-refractivity contribution in [3.8, 4) is 16.2 Å². The van der Waals surface area contributed by atoms with Crippen LogP contribution >= 0.6 is 23.7 Å². The number of rotatable bonds is 5. The van der Waals surface area contributed by atoms with Gasteiger partial charge in [-0.15, -0.1) is 23.7 Å². The Bertz CT molecular complexity index is 1480. The molecule has 0 spiro atoms. The first kappa shape index (κ1) is 23.9. The van der Waals surface area contributed by atoms with Crippen LogP contribution in [0.2, 0.25) is 0 Å². The molecule has 3 atom stereocenters. The number of nitrogens with zero attached hydrogens (tertiary/aromatic N) is 1. The standard InChI is InChI=1S/C27H27N3O3S.ClH/c1-33-22-9-5-8-19-18(22)11-10-17-15-28-21(24(17)19)12-13-30-26(31)20-14-23(16-6-3-2-4-7-16)34-25(20)29-27(30)32;/h2-9,14,17,21,24,28H,10-13,15H2,1H3,(H,29,32);1H/t17-,21?,24+;/m0./s1. The summed E-state index contributed by atoms with van der Waals surface area (Å²) < 4.78 is 6.99. The van der Waals surface area contributed by atoms with Crippen molar-refractivity contribution in [1.82, 2.24) is 14.9 Å². The monoisotopic (exact) mass is 509 g/mol. The maximum Gasteiger partial charge on any atom is 0.329 e. The van der Waals surface area contributed by atoms with Crippen LogP contribution in [0.4, 0.5) is 0 Å². The molecule has 0 amide bonds. The molecule has 1 aliphatic heterocycles. The van der Waals surface area contributed by atoms with Gasteiger partial charge in [-0.3, -0.25) is 14.3 Å². The number of benzene rings is 2. The zero-order valence-electron chi connectivity index (χ0n) is 19.5. The Morgan fingerprint density at radius 1 is 1.11 bits per heavy atom. The van der Waals surface area contributed by atoms with Crippen molar-refractivity contribution < 1.29 is 4.74 Å². The highest BCUT2D eigenvalue weighted by Crippen LogP contribution is 2.45. The second-order valence-electron chi connectivity index (χ2n) is 9.26. The van der Waals surface area contributed by atoms with E-state index in [9.17, 15) is 9.59 Å². The average Bonchev–Trinajstić information content (AvgIpc) is 3.48. The summed E-state index contributed by atoms with van der Waals surface area (Å²) in [7, 11) is 1.73. The minimum absolute atomic E-state index is 0. The van der Waals surface area contributed by atoms with E-state index >= 15 is 0 Å². The van der Waals surface area contributed by atoms with Gasteiger partial charge in [-0.1, -0.05) is 42.5 Å². The Morgan fingerprint density at radius 3 is 2.74 bits per heavy atom. The molecule has 2 aliphatic rings. The first-order valence-electron chi connectivity index (χ1n) is 11.9. The molecule has 0 radical (unpaired) electrons. The van der Waals surface area contributed by atoms with Gasteiger partial charge >= 0.3 is 5.69 Å². The topological polar surface area (TPSA) is 76.1 Å². The zero-order valence-corrected chi connectivity index (χ0v) is 21.1. The fraction of sp³-hybridized carbons (Fsp3) is 0.333. The van der Waals surface area contributed by atoms with Crippen molar-refractivity contribution in [2.45, 2.75) is 37.8 Å². The molecule has 2 aromatic carbocycles. The molecule has 1 saturated heterocycles. The first-order chi connectivity index (χ1) is 16.6. The lowest BCUT2D eigenvalue weighted by molar-refractivity contribution is 0.371. The van der Waals surface area contributed by atoms with Gasteiger partial charge in [-0.05, 0) is 60.5 Å². The second kappa shape index (κ2) is 9.64. The molecule has 2 aromatic heterocycles. The van der Waals surface area contributed by atoms with Crippen molar-refractivity contribution in [3.05, 3.63) is 86.6 Å². The van der Waals surface area contributed by atoms with E-state index in [1.807, 2.05) is 42.5 Å². The highest BCUT2D eigenvalue weighted by molar-refractivity contribution is 7.21. The summed E-state index contributed by atoms with van der Waals surface area (Å²) in [6.07, 6.45) is 2.89. The van der Waals surface area contributed by atoms with Crippen molar-refractivity contribution in [2.75, 3.05) is 13.7 Å². The molecule has 3 heterocycles. The highest BCUT2D eigenvalue weighted by Gasteiger charge is 2.40. The van der Waals surface area contributed by atoms with E-state index in [-0.39, 0.29) is 29.7 Å². The van der Waals surface area contributed by atoms with Crippen LogP contribution in [0.15, 0.2) is 64.2 Å². The number of H-pyrrole nitrogens is 1. The maximum absolute atomic E-state index is 13.3. The lowest BCUT2D eigenvalue weighted by Crippen LogP contribution is -2.37. The summed E-state index contributed by atoms with van der Waals surface area (Å²) >= 11 is 1.45. The Kier molecular flexibility index (Phi) is 6.57. The Labute approximate surface area is 213 Å². The zero-order chi connectivity index (χ0) is 23.2. The fourth-order valence-electron chi connectivity index (χ4n) is 5.86. The van der Waals surface area contributed by atoms with Gasteiger partial charge in [0.1, 0.15) is 10.6 Å². The SMILES string of the molecule is COc1cccc2c1CC[C@H]1CNC(CCn3c(=O)[nH]c4sc(-c5ccccc5)cc4c3=O)[C@@H]21.Cl. The molecule has 4 aromatic rings. The number of thiophene rings is 1. The van der Waals surface area contributed by atoms with E-state index in [0.717, 1.165) is 42.0 Å². The van der Waals surface area contributed by atoms with Crippen LogP contribution in [-0.2, 0) is 13.0 Å². The average molecular weight is 510 g/mol. The molecule has 8 heteroatoms. The highest BCUT2D eigenvalue weighted by atomic mass is 35.5. The molecular weight excluding hydrogens is 482 g/mol. The molecule has 1 fully saturated rings. The van der Waals surface area contributed by atoms with E-state index in [1.54, 1.807) is 7.11 Å². The van der Waals surface area contributed by atoms with Crippen LogP contribution in [0.3, 0.4) is 0 Å². The number of aromatic nitrogens is 2. The van der Waals surface area contributed by atoms with Crippen molar-refractivity contribution in [2.24, 2.45) is 5.92 Å². The molecule has 6 nitrogen and oxygen atoms in total. The second-order valence-corrected chi connectivity index (χ2v) is 10.3. The van der Waals surface area contributed by atoms with Gasteiger partial charge in [0.15, 0.2) is 0 Å². The summed E-state index contributed by atoms with van der Waals surface area (Å²) in [4.78, 5) is 30.7. The third-order valence-corrected chi connectivity index (χ3v) is 8.59. The van der Waals surface area contributed by atoms with Crippen molar-refractivity contribution in [1.29, 1.82) is 0 Å². The van der Waals surface area contributed by atoms with Gasteiger partial charge in [0.05, 0.1) is 12.5 Å². The molecule has 35 heavy (non-hydrogen) atoms. The molecule has 0 saturated carbocycles. The lowest BCUT2D eigenvalue weighted by atomic mass is 9.73. The molecular formula is C27H28ClN3O3S. The number of hydrogen-bond donors (Lipinski definition) is 2. The number of halogens is 1. The van der Waals surface area contributed by atoms with Crippen molar-refractivity contribution in [3.63, 3.8) is 0 Å². The van der Waals surface area contributed by atoms with Gasteiger partial charge in [0.25, 0.3) is 5.56 Å².